The summed E-state index contributed by atoms with van der Waals surface area (Å²) in [5, 5.41) is 8.05. The Hall–Kier alpha value is -1.85. The molecule has 6 heteroatoms. The van der Waals surface area contributed by atoms with Crippen LogP contribution in [0.1, 0.15) is 61.6 Å². The van der Waals surface area contributed by atoms with Crippen molar-refractivity contribution in [2.24, 2.45) is 0 Å². The van der Waals surface area contributed by atoms with Gasteiger partial charge in [0.1, 0.15) is 0 Å². The van der Waals surface area contributed by atoms with Crippen molar-refractivity contribution in [2.75, 3.05) is 24.5 Å². The van der Waals surface area contributed by atoms with Crippen molar-refractivity contribution in [3.8, 4) is 0 Å². The van der Waals surface area contributed by atoms with Crippen molar-refractivity contribution in [1.29, 1.82) is 0 Å². The number of fused-ring (bicyclic) bond motifs is 1. The topological polar surface area (TPSA) is 50.2 Å². The molecule has 0 radical (unpaired) electrons. The van der Waals surface area contributed by atoms with E-state index in [0.717, 1.165) is 51.0 Å². The SMILES string of the molecule is CCC1(CC)CN(C(=O)c2ccn(C3CCCNC3)n2)c2ccccc21.Cl. The van der Waals surface area contributed by atoms with E-state index in [0.29, 0.717) is 11.7 Å². The lowest BCUT2D eigenvalue weighted by Gasteiger charge is -2.27. The highest BCUT2D eigenvalue weighted by atomic mass is 35.5. The van der Waals surface area contributed by atoms with Gasteiger partial charge in [0, 0.05) is 30.4 Å². The molecule has 1 saturated heterocycles. The van der Waals surface area contributed by atoms with Gasteiger partial charge in [0.25, 0.3) is 5.91 Å². The molecule has 3 heterocycles. The van der Waals surface area contributed by atoms with Gasteiger partial charge in [-0.3, -0.25) is 9.48 Å². The number of nitrogens with zero attached hydrogens (tertiary/aromatic N) is 3. The molecule has 1 N–H and O–H groups in total. The molecule has 0 saturated carbocycles. The Bertz CT molecular complexity index is 793. The number of hydrogen-bond acceptors (Lipinski definition) is 3. The molecule has 146 valence electrons. The number of anilines is 1. The number of halogens is 1. The van der Waals surface area contributed by atoms with Gasteiger partial charge in [-0.1, -0.05) is 32.0 Å². The van der Waals surface area contributed by atoms with Crippen LogP contribution in [0.25, 0.3) is 0 Å². The van der Waals surface area contributed by atoms with Crippen molar-refractivity contribution >= 4 is 24.0 Å². The molecule has 4 rings (SSSR count). The smallest absolute Gasteiger partial charge is 0.278 e. The Morgan fingerprint density at radius 3 is 2.74 bits per heavy atom. The second kappa shape index (κ2) is 8.03. The number of amides is 1. The second-order valence-electron chi connectivity index (χ2n) is 7.58. The summed E-state index contributed by atoms with van der Waals surface area (Å²) in [5.41, 5.74) is 2.96. The van der Waals surface area contributed by atoms with E-state index < -0.39 is 0 Å². The van der Waals surface area contributed by atoms with E-state index >= 15 is 0 Å². The van der Waals surface area contributed by atoms with Gasteiger partial charge in [-0.25, -0.2) is 0 Å². The molecule has 0 bridgehead atoms. The van der Waals surface area contributed by atoms with Crippen LogP contribution in [0.2, 0.25) is 0 Å². The maximum absolute atomic E-state index is 13.3. The van der Waals surface area contributed by atoms with Crippen LogP contribution < -0.4 is 10.2 Å². The highest BCUT2D eigenvalue weighted by Gasteiger charge is 2.42. The van der Waals surface area contributed by atoms with Crippen molar-refractivity contribution in [2.45, 2.75) is 51.0 Å². The highest BCUT2D eigenvalue weighted by Crippen LogP contribution is 2.45. The fourth-order valence-corrected chi connectivity index (χ4v) is 4.52. The van der Waals surface area contributed by atoms with E-state index in [1.54, 1.807) is 0 Å². The average Bonchev–Trinajstić information content (AvgIpc) is 3.32. The monoisotopic (exact) mass is 388 g/mol. The molecule has 1 atom stereocenters. The minimum Gasteiger partial charge on any atom is -0.315 e. The van der Waals surface area contributed by atoms with Gasteiger partial charge in [0.15, 0.2) is 5.69 Å². The molecule has 2 aliphatic heterocycles. The van der Waals surface area contributed by atoms with Crippen LogP contribution in [0.4, 0.5) is 5.69 Å². The standard InChI is InChI=1S/C21H28N4O.ClH/c1-3-21(4-2)15-24(19-10-6-5-9-17(19)21)20(26)18-11-13-25(23-18)16-8-7-12-22-14-16;/h5-6,9-11,13,16,22H,3-4,7-8,12,14-15H2,1-2H3;1H. The van der Waals surface area contributed by atoms with Crippen molar-refractivity contribution in [3.05, 3.63) is 47.8 Å². The number of nitrogens with one attached hydrogen (secondary N) is 1. The molecule has 1 aromatic carbocycles. The van der Waals surface area contributed by atoms with Gasteiger partial charge < -0.3 is 10.2 Å². The first-order valence-corrected chi connectivity index (χ1v) is 9.86. The van der Waals surface area contributed by atoms with E-state index in [-0.39, 0.29) is 23.7 Å². The van der Waals surface area contributed by atoms with E-state index in [2.05, 4.69) is 42.5 Å². The summed E-state index contributed by atoms with van der Waals surface area (Å²) in [6.07, 6.45) is 6.30. The summed E-state index contributed by atoms with van der Waals surface area (Å²) < 4.78 is 1.97. The molecule has 1 aromatic heterocycles. The zero-order valence-electron chi connectivity index (χ0n) is 16.1. The van der Waals surface area contributed by atoms with Crippen LogP contribution in [-0.4, -0.2) is 35.3 Å². The Kier molecular flexibility index (Phi) is 5.92. The summed E-state index contributed by atoms with van der Waals surface area (Å²) >= 11 is 0. The lowest BCUT2D eigenvalue weighted by molar-refractivity contribution is 0.0978. The number of hydrogen-bond donors (Lipinski definition) is 1. The summed E-state index contributed by atoms with van der Waals surface area (Å²) in [6.45, 7) is 7.19. The largest absolute Gasteiger partial charge is 0.315 e. The third-order valence-corrected chi connectivity index (χ3v) is 6.30. The molecule has 0 spiro atoms. The van der Waals surface area contributed by atoms with Gasteiger partial charge in [0.2, 0.25) is 0 Å². The average molecular weight is 389 g/mol. The number of carbonyl (C=O) groups is 1. The first kappa shape index (κ1) is 19.9. The molecule has 2 aromatic rings. The fraction of sp³-hybridized carbons (Fsp3) is 0.524. The lowest BCUT2D eigenvalue weighted by Crippen LogP contribution is -2.37. The van der Waals surface area contributed by atoms with Crippen LogP contribution in [-0.2, 0) is 5.41 Å². The second-order valence-corrected chi connectivity index (χ2v) is 7.58. The number of benzene rings is 1. The van der Waals surface area contributed by atoms with Crippen LogP contribution in [0.5, 0.6) is 0 Å². The Balaban J connectivity index is 0.00000210. The van der Waals surface area contributed by atoms with Crippen LogP contribution in [0.15, 0.2) is 36.5 Å². The van der Waals surface area contributed by atoms with E-state index in [1.807, 2.05) is 27.9 Å². The Morgan fingerprint density at radius 1 is 1.26 bits per heavy atom. The molecular weight excluding hydrogens is 360 g/mol. The zero-order valence-corrected chi connectivity index (χ0v) is 17.0. The summed E-state index contributed by atoms with van der Waals surface area (Å²) in [6, 6.07) is 10.6. The number of aromatic nitrogens is 2. The van der Waals surface area contributed by atoms with Gasteiger partial charge in [-0.2, -0.15) is 5.10 Å². The minimum atomic E-state index is 0. The number of rotatable bonds is 4. The first-order valence-electron chi connectivity index (χ1n) is 9.86. The van der Waals surface area contributed by atoms with Crippen LogP contribution in [0, 0.1) is 0 Å². The molecular formula is C21H29ClN4O. The van der Waals surface area contributed by atoms with Gasteiger partial charge in [-0.05, 0) is 49.9 Å². The van der Waals surface area contributed by atoms with Crippen LogP contribution in [0.3, 0.4) is 0 Å². The lowest BCUT2D eigenvalue weighted by atomic mass is 9.78. The highest BCUT2D eigenvalue weighted by molar-refractivity contribution is 6.06. The third kappa shape index (κ3) is 3.39. The Morgan fingerprint density at radius 2 is 2.04 bits per heavy atom. The fourth-order valence-electron chi connectivity index (χ4n) is 4.52. The molecule has 1 amide bonds. The van der Waals surface area contributed by atoms with E-state index in [9.17, 15) is 4.79 Å². The first-order chi connectivity index (χ1) is 12.7. The zero-order chi connectivity index (χ0) is 18.1. The molecule has 2 aliphatic rings. The number of piperidine rings is 1. The minimum absolute atomic E-state index is 0. The molecule has 27 heavy (non-hydrogen) atoms. The Labute approximate surface area is 167 Å². The van der Waals surface area contributed by atoms with E-state index in [1.165, 1.54) is 5.56 Å². The van der Waals surface area contributed by atoms with Crippen LogP contribution >= 0.6 is 12.4 Å². The molecule has 5 nitrogen and oxygen atoms in total. The normalized spacial score (nSPS) is 20.8. The summed E-state index contributed by atoms with van der Waals surface area (Å²) in [4.78, 5) is 15.2. The third-order valence-electron chi connectivity index (χ3n) is 6.30. The van der Waals surface area contributed by atoms with Gasteiger partial charge in [-0.15, -0.1) is 12.4 Å². The maximum atomic E-state index is 13.3. The maximum Gasteiger partial charge on any atom is 0.278 e. The molecule has 0 aliphatic carbocycles. The number of carbonyl (C=O) groups excluding carboxylic acids is 1. The summed E-state index contributed by atoms with van der Waals surface area (Å²) in [7, 11) is 0. The predicted octanol–water partition coefficient (Wildman–Crippen LogP) is 3.95. The van der Waals surface area contributed by atoms with Crippen molar-refractivity contribution in [1.82, 2.24) is 15.1 Å². The quantitative estimate of drug-likeness (QED) is 0.862. The molecule has 1 unspecified atom stereocenters. The van der Waals surface area contributed by atoms with Crippen molar-refractivity contribution in [3.63, 3.8) is 0 Å². The van der Waals surface area contributed by atoms with E-state index in [4.69, 9.17) is 0 Å². The molecule has 1 fully saturated rings. The predicted molar refractivity (Wildman–Crippen MR) is 111 cm³/mol. The number of para-hydroxylation sites is 1. The van der Waals surface area contributed by atoms with Gasteiger partial charge >= 0.3 is 0 Å². The van der Waals surface area contributed by atoms with Crippen molar-refractivity contribution < 1.29 is 4.79 Å². The summed E-state index contributed by atoms with van der Waals surface area (Å²) in [5.74, 6) is 0.0174. The van der Waals surface area contributed by atoms with Gasteiger partial charge in [0.05, 0.1) is 6.04 Å².